The van der Waals surface area contributed by atoms with Crippen LogP contribution in [0.2, 0.25) is 0 Å². The van der Waals surface area contributed by atoms with Crippen LogP contribution in [0.15, 0.2) is 55.0 Å². The molecule has 8 nitrogen and oxygen atoms in total. The Kier molecular flexibility index (Phi) is 5.51. The van der Waals surface area contributed by atoms with Gasteiger partial charge in [0.2, 0.25) is 11.9 Å². The Morgan fingerprint density at radius 3 is 2.82 bits per heavy atom. The lowest BCUT2D eigenvalue weighted by molar-refractivity contribution is -0.118. The number of amides is 1. The summed E-state index contributed by atoms with van der Waals surface area (Å²) in [7, 11) is 0. The number of nitrogens with zero attached hydrogens (tertiary/aromatic N) is 5. The number of carbonyl (C=O) groups is 1. The van der Waals surface area contributed by atoms with Gasteiger partial charge >= 0.3 is 0 Å². The molecule has 8 heteroatoms. The number of hydrogen-bond donors (Lipinski definition) is 2. The number of benzene rings is 1. The van der Waals surface area contributed by atoms with E-state index in [-0.39, 0.29) is 5.91 Å². The summed E-state index contributed by atoms with van der Waals surface area (Å²) >= 11 is 0. The standard InChI is InChI=1S/C25H27N7O/c1-16(2)20-14-28-32-10-7-18(13-23(20)32)22-6-8-27-25(30-22)29-21-5-4-19(12-17(21)3)31-11-9-26-15-24(31)33/h4-8,10,12-14,16,26H,9,11,15H2,1-3H3,(H,27,29,30). The molecule has 0 saturated carbocycles. The van der Waals surface area contributed by atoms with E-state index in [1.807, 2.05) is 59.1 Å². The molecular formula is C25H27N7O. The van der Waals surface area contributed by atoms with Gasteiger partial charge in [-0.15, -0.1) is 0 Å². The maximum atomic E-state index is 12.2. The van der Waals surface area contributed by atoms with E-state index in [2.05, 4.69) is 40.6 Å². The Hall–Kier alpha value is -3.78. The number of aryl methyl sites for hydroxylation is 1. The van der Waals surface area contributed by atoms with E-state index in [9.17, 15) is 4.79 Å². The smallest absolute Gasteiger partial charge is 0.240 e. The van der Waals surface area contributed by atoms with Gasteiger partial charge < -0.3 is 15.5 Å². The molecule has 0 spiro atoms. The van der Waals surface area contributed by atoms with Crippen molar-refractivity contribution in [3.05, 3.63) is 66.1 Å². The lowest BCUT2D eigenvalue weighted by atomic mass is 10.0. The zero-order valence-electron chi connectivity index (χ0n) is 19.0. The lowest BCUT2D eigenvalue weighted by Crippen LogP contribution is -2.48. The summed E-state index contributed by atoms with van der Waals surface area (Å²) in [5.41, 5.74) is 7.00. The molecule has 1 aliphatic rings. The predicted octanol–water partition coefficient (Wildman–Crippen LogP) is 3.90. The van der Waals surface area contributed by atoms with Crippen molar-refractivity contribution in [3.8, 4) is 11.3 Å². The molecule has 0 aliphatic carbocycles. The van der Waals surface area contributed by atoms with Crippen LogP contribution in [0.3, 0.4) is 0 Å². The van der Waals surface area contributed by atoms with Crippen LogP contribution in [-0.2, 0) is 4.79 Å². The van der Waals surface area contributed by atoms with Gasteiger partial charge in [0.05, 0.1) is 24.0 Å². The fraction of sp³-hybridized carbons (Fsp3) is 0.280. The molecule has 1 amide bonds. The third kappa shape index (κ3) is 4.17. The molecule has 0 atom stereocenters. The van der Waals surface area contributed by atoms with E-state index in [0.717, 1.165) is 40.3 Å². The zero-order valence-corrected chi connectivity index (χ0v) is 19.0. The summed E-state index contributed by atoms with van der Waals surface area (Å²) in [6, 6.07) is 12.0. The highest BCUT2D eigenvalue weighted by Gasteiger charge is 2.19. The first kappa shape index (κ1) is 21.1. The van der Waals surface area contributed by atoms with Crippen molar-refractivity contribution in [2.45, 2.75) is 26.7 Å². The fourth-order valence-corrected chi connectivity index (χ4v) is 4.14. The quantitative estimate of drug-likeness (QED) is 0.488. The SMILES string of the molecule is Cc1cc(N2CCNCC2=O)ccc1Nc1nccc(-c2ccn3ncc(C(C)C)c3c2)n1. The molecule has 0 radical (unpaired) electrons. The zero-order chi connectivity index (χ0) is 22.9. The highest BCUT2D eigenvalue weighted by Crippen LogP contribution is 2.27. The molecule has 5 rings (SSSR count). The van der Waals surface area contributed by atoms with Gasteiger partial charge in [-0.05, 0) is 54.8 Å². The number of fused-ring (bicyclic) bond motifs is 1. The normalized spacial score (nSPS) is 14.3. The molecule has 33 heavy (non-hydrogen) atoms. The molecule has 2 N–H and O–H groups in total. The number of rotatable bonds is 5. The summed E-state index contributed by atoms with van der Waals surface area (Å²) in [5, 5.41) is 10.9. The van der Waals surface area contributed by atoms with Crippen LogP contribution in [0.4, 0.5) is 17.3 Å². The van der Waals surface area contributed by atoms with E-state index in [4.69, 9.17) is 4.98 Å². The van der Waals surface area contributed by atoms with Gasteiger partial charge in [0.15, 0.2) is 0 Å². The van der Waals surface area contributed by atoms with Crippen molar-refractivity contribution in [1.29, 1.82) is 0 Å². The van der Waals surface area contributed by atoms with Crippen molar-refractivity contribution in [3.63, 3.8) is 0 Å². The average Bonchev–Trinajstić information content (AvgIpc) is 3.25. The van der Waals surface area contributed by atoms with Gasteiger partial charge in [-0.1, -0.05) is 13.8 Å². The maximum Gasteiger partial charge on any atom is 0.240 e. The fourth-order valence-electron chi connectivity index (χ4n) is 4.14. The molecule has 0 bridgehead atoms. The monoisotopic (exact) mass is 441 g/mol. The number of piperazine rings is 1. The van der Waals surface area contributed by atoms with Gasteiger partial charge in [0, 0.05) is 48.0 Å². The molecule has 4 heterocycles. The van der Waals surface area contributed by atoms with Crippen molar-refractivity contribution >= 4 is 28.7 Å². The van der Waals surface area contributed by atoms with Gasteiger partial charge in [-0.2, -0.15) is 5.10 Å². The number of nitrogens with one attached hydrogen (secondary N) is 2. The second-order valence-electron chi connectivity index (χ2n) is 8.61. The molecule has 0 unspecified atom stereocenters. The number of hydrogen-bond acceptors (Lipinski definition) is 6. The number of aromatic nitrogens is 4. The summed E-state index contributed by atoms with van der Waals surface area (Å²) in [6.07, 6.45) is 5.65. The summed E-state index contributed by atoms with van der Waals surface area (Å²) < 4.78 is 1.90. The maximum absolute atomic E-state index is 12.2. The van der Waals surface area contributed by atoms with Crippen LogP contribution >= 0.6 is 0 Å². The molecule has 168 valence electrons. The summed E-state index contributed by atoms with van der Waals surface area (Å²) in [6.45, 7) is 8.21. The van der Waals surface area contributed by atoms with Crippen LogP contribution in [0.1, 0.15) is 30.9 Å². The molecular weight excluding hydrogens is 414 g/mol. The molecule has 1 saturated heterocycles. The number of carbonyl (C=O) groups excluding carboxylic acids is 1. The van der Waals surface area contributed by atoms with E-state index in [1.165, 1.54) is 5.56 Å². The molecule has 3 aromatic heterocycles. The Labute approximate surface area is 192 Å². The Morgan fingerprint density at radius 1 is 1.15 bits per heavy atom. The third-order valence-corrected chi connectivity index (χ3v) is 5.98. The first-order valence-corrected chi connectivity index (χ1v) is 11.2. The van der Waals surface area contributed by atoms with Gasteiger partial charge in [-0.3, -0.25) is 4.79 Å². The van der Waals surface area contributed by atoms with Gasteiger partial charge in [-0.25, -0.2) is 14.5 Å². The molecule has 1 aromatic carbocycles. The minimum absolute atomic E-state index is 0.0909. The van der Waals surface area contributed by atoms with Crippen molar-refractivity contribution in [2.75, 3.05) is 29.9 Å². The van der Waals surface area contributed by atoms with Crippen molar-refractivity contribution in [2.24, 2.45) is 0 Å². The minimum atomic E-state index is 0.0909. The Bertz CT molecular complexity index is 1330. The van der Waals surface area contributed by atoms with Crippen molar-refractivity contribution in [1.82, 2.24) is 24.9 Å². The number of pyridine rings is 1. The van der Waals surface area contributed by atoms with Gasteiger partial charge in [0.25, 0.3) is 0 Å². The van der Waals surface area contributed by atoms with E-state index >= 15 is 0 Å². The molecule has 1 fully saturated rings. The van der Waals surface area contributed by atoms with E-state index < -0.39 is 0 Å². The van der Waals surface area contributed by atoms with E-state index in [0.29, 0.717) is 25.0 Å². The third-order valence-electron chi connectivity index (χ3n) is 5.98. The highest BCUT2D eigenvalue weighted by atomic mass is 16.2. The van der Waals surface area contributed by atoms with Crippen molar-refractivity contribution < 1.29 is 4.79 Å². The van der Waals surface area contributed by atoms with Crippen LogP contribution in [-0.4, -0.2) is 45.1 Å². The lowest BCUT2D eigenvalue weighted by Gasteiger charge is -2.28. The topological polar surface area (TPSA) is 87.5 Å². The average molecular weight is 442 g/mol. The first-order valence-electron chi connectivity index (χ1n) is 11.2. The van der Waals surface area contributed by atoms with Crippen LogP contribution in [0.5, 0.6) is 0 Å². The second kappa shape index (κ2) is 8.63. The largest absolute Gasteiger partial charge is 0.324 e. The molecule has 1 aliphatic heterocycles. The minimum Gasteiger partial charge on any atom is -0.324 e. The second-order valence-corrected chi connectivity index (χ2v) is 8.61. The summed E-state index contributed by atoms with van der Waals surface area (Å²) in [5.74, 6) is 1.01. The summed E-state index contributed by atoms with van der Waals surface area (Å²) in [4.78, 5) is 23.2. The number of anilines is 3. The van der Waals surface area contributed by atoms with Crippen LogP contribution in [0.25, 0.3) is 16.8 Å². The Morgan fingerprint density at radius 2 is 2.03 bits per heavy atom. The first-order chi connectivity index (χ1) is 16.0. The predicted molar refractivity (Wildman–Crippen MR) is 130 cm³/mol. The van der Waals surface area contributed by atoms with Crippen LogP contribution in [0, 0.1) is 6.92 Å². The molecule has 4 aromatic rings. The Balaban J connectivity index is 1.40. The van der Waals surface area contributed by atoms with E-state index in [1.54, 1.807) is 6.20 Å². The highest BCUT2D eigenvalue weighted by molar-refractivity contribution is 5.95. The van der Waals surface area contributed by atoms with Crippen LogP contribution < -0.4 is 15.5 Å². The van der Waals surface area contributed by atoms with Gasteiger partial charge in [0.1, 0.15) is 0 Å².